The minimum atomic E-state index is 0.384. The normalized spacial score (nSPS) is 13.5. The molecule has 0 aliphatic heterocycles. The van der Waals surface area contributed by atoms with Gasteiger partial charge >= 0.3 is 0 Å². The Bertz CT molecular complexity index is 1300. The smallest absolute Gasteiger partial charge is 0.0316 e. The van der Waals surface area contributed by atoms with E-state index < -0.39 is 0 Å². The Labute approximate surface area is 255 Å². The summed E-state index contributed by atoms with van der Waals surface area (Å²) in [6.45, 7) is 11.2. The summed E-state index contributed by atoms with van der Waals surface area (Å²) in [5.41, 5.74) is 24.7. The lowest BCUT2D eigenvalue weighted by Gasteiger charge is -2.23. The first-order valence-electron chi connectivity index (χ1n) is 16.3. The molecule has 0 saturated carbocycles. The molecule has 4 rings (SSSR count). The maximum atomic E-state index is 6.05. The Morgan fingerprint density at radius 2 is 0.857 bits per heavy atom. The zero-order valence-electron chi connectivity index (χ0n) is 26.6. The second-order valence-electron chi connectivity index (χ2n) is 12.2. The van der Waals surface area contributed by atoms with Crippen molar-refractivity contribution >= 4 is 11.4 Å². The molecule has 0 heterocycles. The van der Waals surface area contributed by atoms with Crippen LogP contribution in [0.5, 0.6) is 0 Å². The fraction of sp³-hybridized carbons (Fsp3) is 0.400. The quantitative estimate of drug-likeness (QED) is 0.119. The number of nitrogen functional groups attached to an aromatic ring is 2. The van der Waals surface area contributed by atoms with Gasteiger partial charge in [0, 0.05) is 29.1 Å². The zero-order valence-corrected chi connectivity index (χ0v) is 26.6. The number of nitrogens with two attached hydrogens (primary N) is 2. The number of unbranched alkanes of at least 4 members (excludes halogenated alkanes) is 4. The van der Waals surface area contributed by atoms with E-state index in [2.05, 4.69) is 107 Å². The van der Waals surface area contributed by atoms with Gasteiger partial charge < -0.3 is 11.5 Å². The second-order valence-corrected chi connectivity index (χ2v) is 12.2. The van der Waals surface area contributed by atoms with Crippen molar-refractivity contribution < 1.29 is 0 Å². The standard InChI is InChI=1S/C40H52N2/c1-6-9-10-11-12-13-40(32-18-14-30(15-19-32)36(7-2)38-24-22-34(41)26-28(38)4)33-20-16-31(17-21-33)37(8-3)39-25-23-35(42)27-29(39)5/h14-27,36-37,40H,6-13,41-42H2,1-5H3. The number of rotatable bonds is 14. The lowest BCUT2D eigenvalue weighted by Crippen LogP contribution is -2.06. The predicted molar refractivity (Wildman–Crippen MR) is 184 cm³/mol. The minimum absolute atomic E-state index is 0.384. The van der Waals surface area contributed by atoms with Gasteiger partial charge in [-0.3, -0.25) is 0 Å². The van der Waals surface area contributed by atoms with Crippen LogP contribution in [0.1, 0.15) is 134 Å². The van der Waals surface area contributed by atoms with E-state index in [1.54, 1.807) is 0 Å². The highest BCUT2D eigenvalue weighted by Crippen LogP contribution is 2.37. The van der Waals surface area contributed by atoms with Gasteiger partial charge in [0.15, 0.2) is 0 Å². The third-order valence-corrected chi connectivity index (χ3v) is 9.23. The van der Waals surface area contributed by atoms with Crippen molar-refractivity contribution in [1.82, 2.24) is 0 Å². The van der Waals surface area contributed by atoms with Gasteiger partial charge in [-0.05, 0) is 102 Å². The molecular weight excluding hydrogens is 508 g/mol. The van der Waals surface area contributed by atoms with E-state index in [4.69, 9.17) is 11.5 Å². The van der Waals surface area contributed by atoms with Crippen molar-refractivity contribution in [3.05, 3.63) is 129 Å². The molecular formula is C40H52N2. The molecule has 0 aliphatic rings. The molecule has 0 aliphatic carbocycles. The Kier molecular flexibility index (Phi) is 11.3. The Morgan fingerprint density at radius 3 is 1.21 bits per heavy atom. The Balaban J connectivity index is 1.60. The summed E-state index contributed by atoms with van der Waals surface area (Å²) < 4.78 is 0. The molecule has 0 spiro atoms. The lowest BCUT2D eigenvalue weighted by atomic mass is 9.81. The molecule has 4 N–H and O–H groups in total. The molecule has 0 bridgehead atoms. The van der Waals surface area contributed by atoms with Crippen LogP contribution in [0.2, 0.25) is 0 Å². The minimum Gasteiger partial charge on any atom is -0.399 e. The summed E-state index contributed by atoms with van der Waals surface area (Å²) in [7, 11) is 0. The van der Waals surface area contributed by atoms with E-state index in [-0.39, 0.29) is 0 Å². The Morgan fingerprint density at radius 1 is 0.476 bits per heavy atom. The summed E-state index contributed by atoms with van der Waals surface area (Å²) in [6.07, 6.45) is 9.84. The third-order valence-electron chi connectivity index (χ3n) is 9.23. The monoisotopic (exact) mass is 560 g/mol. The van der Waals surface area contributed by atoms with Crippen LogP contribution in [0.4, 0.5) is 11.4 Å². The summed E-state index contributed by atoms with van der Waals surface area (Å²) in [5, 5.41) is 0. The van der Waals surface area contributed by atoms with Crippen molar-refractivity contribution in [3.8, 4) is 0 Å². The number of hydrogen-bond donors (Lipinski definition) is 2. The average molecular weight is 561 g/mol. The number of anilines is 2. The van der Waals surface area contributed by atoms with Crippen molar-refractivity contribution in [1.29, 1.82) is 0 Å². The number of hydrogen-bond acceptors (Lipinski definition) is 2. The van der Waals surface area contributed by atoms with Gasteiger partial charge in [-0.15, -0.1) is 0 Å². The molecule has 4 aromatic carbocycles. The SMILES string of the molecule is CCCCCCCC(c1ccc(C(CC)c2ccc(N)cc2C)cc1)c1ccc(C(CC)c2ccc(N)cc2C)cc1. The zero-order chi connectivity index (χ0) is 30.1. The van der Waals surface area contributed by atoms with Crippen molar-refractivity contribution in [2.45, 2.75) is 104 Å². The first-order valence-corrected chi connectivity index (χ1v) is 16.3. The van der Waals surface area contributed by atoms with Crippen LogP contribution in [0, 0.1) is 13.8 Å². The van der Waals surface area contributed by atoms with Crippen LogP contribution < -0.4 is 11.5 Å². The number of aryl methyl sites for hydroxylation is 2. The molecule has 2 heteroatoms. The topological polar surface area (TPSA) is 52.0 Å². The van der Waals surface area contributed by atoms with E-state index in [9.17, 15) is 0 Å². The molecule has 0 fully saturated rings. The molecule has 42 heavy (non-hydrogen) atoms. The van der Waals surface area contributed by atoms with E-state index >= 15 is 0 Å². The van der Waals surface area contributed by atoms with Crippen LogP contribution >= 0.6 is 0 Å². The first-order chi connectivity index (χ1) is 20.4. The van der Waals surface area contributed by atoms with Gasteiger partial charge in [-0.1, -0.05) is 114 Å². The van der Waals surface area contributed by atoms with E-state index in [0.29, 0.717) is 17.8 Å². The van der Waals surface area contributed by atoms with Crippen LogP contribution in [-0.2, 0) is 0 Å². The molecule has 2 unspecified atom stereocenters. The molecule has 2 nitrogen and oxygen atoms in total. The highest BCUT2D eigenvalue weighted by molar-refractivity contribution is 5.49. The summed E-state index contributed by atoms with van der Waals surface area (Å²) in [4.78, 5) is 0. The Hall–Kier alpha value is -3.52. The molecule has 0 amide bonds. The molecule has 0 saturated heterocycles. The summed E-state index contributed by atoms with van der Waals surface area (Å²) in [6, 6.07) is 31.7. The van der Waals surface area contributed by atoms with Crippen LogP contribution in [0.25, 0.3) is 0 Å². The third kappa shape index (κ3) is 7.65. The fourth-order valence-corrected chi connectivity index (χ4v) is 6.85. The van der Waals surface area contributed by atoms with Crippen LogP contribution in [-0.4, -0.2) is 0 Å². The van der Waals surface area contributed by atoms with Crippen LogP contribution in [0.3, 0.4) is 0 Å². The highest BCUT2D eigenvalue weighted by atomic mass is 14.5. The van der Waals surface area contributed by atoms with E-state index in [0.717, 1.165) is 24.2 Å². The molecule has 2 atom stereocenters. The van der Waals surface area contributed by atoms with Crippen molar-refractivity contribution in [3.63, 3.8) is 0 Å². The second kappa shape index (κ2) is 15.1. The van der Waals surface area contributed by atoms with E-state index in [1.807, 2.05) is 12.1 Å². The van der Waals surface area contributed by atoms with Crippen molar-refractivity contribution in [2.24, 2.45) is 0 Å². The maximum absolute atomic E-state index is 6.05. The van der Waals surface area contributed by atoms with E-state index in [1.165, 1.54) is 83.0 Å². The van der Waals surface area contributed by atoms with Gasteiger partial charge in [0.1, 0.15) is 0 Å². The average Bonchev–Trinajstić information content (AvgIpc) is 2.99. The largest absolute Gasteiger partial charge is 0.399 e. The maximum Gasteiger partial charge on any atom is 0.0316 e. The van der Waals surface area contributed by atoms with Gasteiger partial charge in [0.25, 0.3) is 0 Å². The van der Waals surface area contributed by atoms with Gasteiger partial charge in [0.2, 0.25) is 0 Å². The number of benzene rings is 4. The predicted octanol–water partition coefficient (Wildman–Crippen LogP) is 11.0. The highest BCUT2D eigenvalue weighted by Gasteiger charge is 2.19. The van der Waals surface area contributed by atoms with Gasteiger partial charge in [0.05, 0.1) is 0 Å². The molecule has 4 aromatic rings. The van der Waals surface area contributed by atoms with Gasteiger partial charge in [-0.2, -0.15) is 0 Å². The molecule has 222 valence electrons. The van der Waals surface area contributed by atoms with Crippen molar-refractivity contribution in [2.75, 3.05) is 11.5 Å². The van der Waals surface area contributed by atoms with Crippen LogP contribution in [0.15, 0.2) is 84.9 Å². The summed E-state index contributed by atoms with van der Waals surface area (Å²) >= 11 is 0. The first kappa shape index (κ1) is 31.4. The molecule has 0 radical (unpaired) electrons. The van der Waals surface area contributed by atoms with Gasteiger partial charge in [-0.25, -0.2) is 0 Å². The lowest BCUT2D eigenvalue weighted by molar-refractivity contribution is 0.580. The molecule has 0 aromatic heterocycles. The fourth-order valence-electron chi connectivity index (χ4n) is 6.85. The summed E-state index contributed by atoms with van der Waals surface area (Å²) in [5.74, 6) is 1.18.